The molecule has 0 saturated heterocycles. The smallest absolute Gasteiger partial charge is 0.231 e. The first-order chi connectivity index (χ1) is 9.59. The van der Waals surface area contributed by atoms with Crippen molar-refractivity contribution in [1.82, 2.24) is 9.38 Å². The monoisotopic (exact) mass is 368 g/mol. The minimum absolute atomic E-state index is 0.263. The molecule has 100 valence electrons. The maximum absolute atomic E-state index is 12.6. The zero-order valence-corrected chi connectivity index (χ0v) is 13.1. The standard InChI is InChI=1S/C14H7BrCl2N2O/c15-13-10-6-1-2-7-19(10)14(18-13)12(20)11-8(16)4-3-5-9(11)17/h1-7H. The summed E-state index contributed by atoms with van der Waals surface area (Å²) in [4.78, 5) is 16.9. The quantitative estimate of drug-likeness (QED) is 0.617. The fourth-order valence-corrected chi connectivity index (χ4v) is 3.05. The summed E-state index contributed by atoms with van der Waals surface area (Å²) >= 11 is 15.5. The Morgan fingerprint density at radius 2 is 1.80 bits per heavy atom. The Morgan fingerprint density at radius 1 is 1.10 bits per heavy atom. The fourth-order valence-electron chi connectivity index (χ4n) is 1.99. The predicted molar refractivity (Wildman–Crippen MR) is 82.8 cm³/mol. The molecule has 2 heterocycles. The number of hydrogen-bond donors (Lipinski definition) is 0. The molecule has 0 amide bonds. The van der Waals surface area contributed by atoms with E-state index in [1.54, 1.807) is 28.8 Å². The van der Waals surface area contributed by atoms with Crippen LogP contribution in [0, 0.1) is 0 Å². The topological polar surface area (TPSA) is 34.4 Å². The number of benzene rings is 1. The van der Waals surface area contributed by atoms with Crippen molar-refractivity contribution in [3.63, 3.8) is 0 Å². The second-order valence-corrected chi connectivity index (χ2v) is 5.67. The SMILES string of the molecule is O=C(c1c(Cl)cccc1Cl)c1nc(Br)c2ccccn12. The van der Waals surface area contributed by atoms with Crippen molar-refractivity contribution in [1.29, 1.82) is 0 Å². The van der Waals surface area contributed by atoms with Crippen molar-refractivity contribution in [2.45, 2.75) is 0 Å². The molecule has 20 heavy (non-hydrogen) atoms. The molecule has 3 nitrogen and oxygen atoms in total. The van der Waals surface area contributed by atoms with Gasteiger partial charge in [0.15, 0.2) is 5.82 Å². The Bertz CT molecular complexity index is 809. The first-order valence-corrected chi connectivity index (χ1v) is 7.26. The van der Waals surface area contributed by atoms with Gasteiger partial charge in [-0.3, -0.25) is 9.20 Å². The van der Waals surface area contributed by atoms with E-state index in [0.717, 1.165) is 5.52 Å². The van der Waals surface area contributed by atoms with Crippen molar-refractivity contribution in [2.24, 2.45) is 0 Å². The van der Waals surface area contributed by atoms with Crippen molar-refractivity contribution in [3.8, 4) is 0 Å². The molecule has 0 N–H and O–H groups in total. The highest BCUT2D eigenvalue weighted by molar-refractivity contribution is 9.10. The Balaban J connectivity index is 2.24. The van der Waals surface area contributed by atoms with Gasteiger partial charge in [-0.25, -0.2) is 4.98 Å². The minimum atomic E-state index is -0.312. The maximum Gasteiger partial charge on any atom is 0.231 e. The van der Waals surface area contributed by atoms with Crippen molar-refractivity contribution in [2.75, 3.05) is 0 Å². The number of hydrogen-bond acceptors (Lipinski definition) is 2. The van der Waals surface area contributed by atoms with Crippen LogP contribution in [-0.2, 0) is 0 Å². The number of imidazole rings is 1. The molecule has 0 aliphatic carbocycles. The Hall–Kier alpha value is -1.36. The second kappa shape index (κ2) is 5.20. The van der Waals surface area contributed by atoms with E-state index in [2.05, 4.69) is 20.9 Å². The van der Waals surface area contributed by atoms with Crippen LogP contribution in [0.15, 0.2) is 47.2 Å². The van der Waals surface area contributed by atoms with E-state index in [1.165, 1.54) is 0 Å². The summed E-state index contributed by atoms with van der Waals surface area (Å²) in [5.41, 5.74) is 1.07. The minimum Gasteiger partial charge on any atom is -0.296 e. The summed E-state index contributed by atoms with van der Waals surface area (Å²) in [7, 11) is 0. The Kier molecular flexibility index (Phi) is 3.54. The van der Waals surface area contributed by atoms with Crippen molar-refractivity contribution < 1.29 is 4.79 Å². The molecule has 0 saturated carbocycles. The molecule has 0 aliphatic rings. The van der Waals surface area contributed by atoms with Gasteiger partial charge in [-0.05, 0) is 40.2 Å². The lowest BCUT2D eigenvalue weighted by atomic mass is 10.1. The van der Waals surface area contributed by atoms with E-state index in [4.69, 9.17) is 23.2 Å². The third-order valence-corrected chi connectivity index (χ3v) is 4.11. The molecule has 2 aromatic heterocycles. The van der Waals surface area contributed by atoms with Crippen LogP contribution in [0.5, 0.6) is 0 Å². The van der Waals surface area contributed by atoms with E-state index >= 15 is 0 Å². The number of nitrogens with zero attached hydrogens (tertiary/aromatic N) is 2. The molecule has 0 unspecified atom stereocenters. The molecule has 0 radical (unpaired) electrons. The highest BCUT2D eigenvalue weighted by Crippen LogP contribution is 2.28. The summed E-state index contributed by atoms with van der Waals surface area (Å²) < 4.78 is 2.30. The molecule has 0 atom stereocenters. The highest BCUT2D eigenvalue weighted by atomic mass is 79.9. The van der Waals surface area contributed by atoms with Gasteiger partial charge in [-0.2, -0.15) is 0 Å². The summed E-state index contributed by atoms with van der Waals surface area (Å²) in [6, 6.07) is 10.5. The van der Waals surface area contributed by atoms with Gasteiger partial charge >= 0.3 is 0 Å². The highest BCUT2D eigenvalue weighted by Gasteiger charge is 2.22. The van der Waals surface area contributed by atoms with Crippen LogP contribution >= 0.6 is 39.1 Å². The lowest BCUT2D eigenvalue weighted by molar-refractivity contribution is 0.102. The largest absolute Gasteiger partial charge is 0.296 e. The molecule has 0 bridgehead atoms. The molecule has 3 aromatic rings. The summed E-state index contributed by atoms with van der Waals surface area (Å²) in [6.45, 7) is 0. The first kappa shape index (κ1) is 13.6. The van der Waals surface area contributed by atoms with Gasteiger partial charge < -0.3 is 0 Å². The number of carbonyl (C=O) groups excluding carboxylic acids is 1. The summed E-state index contributed by atoms with van der Waals surface area (Å²) in [5, 5.41) is 0.623. The van der Waals surface area contributed by atoms with Gasteiger partial charge in [0.1, 0.15) is 4.60 Å². The van der Waals surface area contributed by atoms with Crippen LogP contribution in [0.4, 0.5) is 0 Å². The van der Waals surface area contributed by atoms with Crippen LogP contribution in [0.3, 0.4) is 0 Å². The number of fused-ring (bicyclic) bond motifs is 1. The van der Waals surface area contributed by atoms with Crippen LogP contribution in [0.1, 0.15) is 16.2 Å². The Morgan fingerprint density at radius 3 is 2.50 bits per heavy atom. The molecule has 1 aromatic carbocycles. The summed E-state index contributed by atoms with van der Waals surface area (Å²) in [6.07, 6.45) is 1.77. The lowest BCUT2D eigenvalue weighted by Gasteiger charge is -2.05. The number of rotatable bonds is 2. The molecular weight excluding hydrogens is 363 g/mol. The van der Waals surface area contributed by atoms with Crippen molar-refractivity contribution >= 4 is 50.4 Å². The number of ketones is 1. The predicted octanol–water partition coefficient (Wildman–Crippen LogP) is 4.63. The molecule has 3 rings (SSSR count). The van der Waals surface area contributed by atoms with Crippen molar-refractivity contribution in [3.05, 3.63) is 68.6 Å². The van der Waals surface area contributed by atoms with E-state index < -0.39 is 0 Å². The molecule has 0 aliphatic heterocycles. The maximum atomic E-state index is 12.6. The van der Waals surface area contributed by atoms with Gasteiger partial charge in [-0.15, -0.1) is 0 Å². The first-order valence-electron chi connectivity index (χ1n) is 5.71. The number of halogens is 3. The third-order valence-electron chi connectivity index (χ3n) is 2.90. The zero-order valence-electron chi connectivity index (χ0n) is 9.98. The molecule has 0 fully saturated rings. The molecule has 0 spiro atoms. The average molecular weight is 370 g/mol. The van der Waals surface area contributed by atoms with Crippen LogP contribution in [0.2, 0.25) is 10.0 Å². The second-order valence-electron chi connectivity index (χ2n) is 4.11. The zero-order chi connectivity index (χ0) is 14.3. The third kappa shape index (κ3) is 2.14. The van der Waals surface area contributed by atoms with Crippen LogP contribution < -0.4 is 0 Å². The number of pyridine rings is 1. The lowest BCUT2D eigenvalue weighted by Crippen LogP contribution is -2.08. The Labute approximate surface area is 133 Å². The van der Waals surface area contributed by atoms with E-state index in [1.807, 2.05) is 18.2 Å². The molecule has 6 heteroatoms. The average Bonchev–Trinajstić information content (AvgIpc) is 2.76. The molecular formula is C14H7BrCl2N2O. The summed E-state index contributed by atoms with van der Waals surface area (Å²) in [5.74, 6) is -0.0463. The van der Waals surface area contributed by atoms with Gasteiger partial charge in [0.2, 0.25) is 5.78 Å². The fraction of sp³-hybridized carbons (Fsp3) is 0. The van der Waals surface area contributed by atoms with Gasteiger partial charge in [0.05, 0.1) is 21.1 Å². The number of aromatic nitrogens is 2. The van der Waals surface area contributed by atoms with E-state index in [0.29, 0.717) is 14.6 Å². The van der Waals surface area contributed by atoms with E-state index in [-0.39, 0.29) is 17.2 Å². The normalized spacial score (nSPS) is 10.9. The van der Waals surface area contributed by atoms with Gasteiger partial charge in [0, 0.05) is 6.20 Å². The van der Waals surface area contributed by atoms with Crippen LogP contribution in [0.25, 0.3) is 5.52 Å². The van der Waals surface area contributed by atoms with E-state index in [9.17, 15) is 4.79 Å². The van der Waals surface area contributed by atoms with Crippen LogP contribution in [-0.4, -0.2) is 15.2 Å². The van der Waals surface area contributed by atoms with Gasteiger partial charge in [0.25, 0.3) is 0 Å². The number of carbonyl (C=O) groups is 1. The van der Waals surface area contributed by atoms with Gasteiger partial charge in [-0.1, -0.05) is 35.3 Å².